The monoisotopic (exact) mass is 499 g/mol. The van der Waals surface area contributed by atoms with E-state index >= 15 is 0 Å². The predicted molar refractivity (Wildman–Crippen MR) is 135 cm³/mol. The highest BCUT2D eigenvalue weighted by atomic mass is 16.6. The molecule has 0 unspecified atom stereocenters. The lowest BCUT2D eigenvalue weighted by Crippen LogP contribution is -2.45. The van der Waals surface area contributed by atoms with Gasteiger partial charge in [0.25, 0.3) is 5.91 Å². The number of hydrogen-bond acceptors (Lipinski definition) is 6. The van der Waals surface area contributed by atoms with E-state index < -0.39 is 11.7 Å². The number of carbonyl (C=O) groups excluding carboxylic acids is 3. The van der Waals surface area contributed by atoms with Gasteiger partial charge in [-0.1, -0.05) is 18.2 Å². The quantitative estimate of drug-likeness (QED) is 0.678. The Kier molecular flexibility index (Phi) is 7.54. The van der Waals surface area contributed by atoms with E-state index in [2.05, 4.69) is 10.4 Å². The molecule has 0 radical (unpaired) electrons. The fourth-order valence-electron chi connectivity index (χ4n) is 4.81. The van der Waals surface area contributed by atoms with Crippen LogP contribution in [0.25, 0.3) is 10.9 Å². The van der Waals surface area contributed by atoms with Crippen LogP contribution in [0.15, 0.2) is 24.3 Å². The van der Waals surface area contributed by atoms with E-state index in [4.69, 9.17) is 9.47 Å². The van der Waals surface area contributed by atoms with Crippen LogP contribution in [-0.2, 0) is 14.3 Å². The molecular weight excluding hydrogens is 462 g/mol. The zero-order chi connectivity index (χ0) is 26.0. The predicted octanol–water partition coefficient (Wildman–Crippen LogP) is 2.97. The highest BCUT2D eigenvalue weighted by molar-refractivity contribution is 6.05. The molecule has 2 aromatic rings. The number of amides is 3. The molecule has 4 rings (SSSR count). The molecule has 2 aliphatic heterocycles. The second kappa shape index (κ2) is 10.5. The molecule has 2 saturated heterocycles. The number of para-hydroxylation sites is 1. The van der Waals surface area contributed by atoms with Crippen LogP contribution in [0.5, 0.6) is 0 Å². The molecule has 2 fully saturated rings. The molecule has 0 aliphatic carbocycles. The SMILES string of the molecule is CC(C)n1nc(C(=O)N[C@H]2C[C@@H](CC(=O)N3CCOCC3)N(C(=O)OC(C)(C)C)C2)c2ccccc21. The summed E-state index contributed by atoms with van der Waals surface area (Å²) in [7, 11) is 0. The Morgan fingerprint density at radius 2 is 1.86 bits per heavy atom. The van der Waals surface area contributed by atoms with Gasteiger partial charge in [0.05, 0.1) is 18.7 Å². The number of benzene rings is 1. The van der Waals surface area contributed by atoms with Crippen LogP contribution in [0.4, 0.5) is 4.79 Å². The maximum Gasteiger partial charge on any atom is 0.410 e. The maximum atomic E-state index is 13.3. The molecular formula is C26H37N5O5. The molecule has 1 aromatic carbocycles. The number of rotatable bonds is 5. The number of hydrogen-bond donors (Lipinski definition) is 1. The summed E-state index contributed by atoms with van der Waals surface area (Å²) in [6.45, 7) is 11.9. The number of likely N-dealkylation sites (tertiary alicyclic amines) is 1. The molecule has 10 nitrogen and oxygen atoms in total. The molecule has 196 valence electrons. The van der Waals surface area contributed by atoms with Crippen molar-refractivity contribution in [2.75, 3.05) is 32.8 Å². The topological polar surface area (TPSA) is 106 Å². The van der Waals surface area contributed by atoms with Crippen molar-refractivity contribution in [2.24, 2.45) is 0 Å². The lowest BCUT2D eigenvalue weighted by molar-refractivity contribution is -0.136. The first-order valence-corrected chi connectivity index (χ1v) is 12.7. The van der Waals surface area contributed by atoms with Crippen molar-refractivity contribution in [1.82, 2.24) is 24.9 Å². The highest BCUT2D eigenvalue weighted by Gasteiger charge is 2.40. The summed E-state index contributed by atoms with van der Waals surface area (Å²) >= 11 is 0. The van der Waals surface area contributed by atoms with Crippen molar-refractivity contribution in [3.63, 3.8) is 0 Å². The number of carbonyl (C=O) groups is 3. The molecule has 10 heteroatoms. The van der Waals surface area contributed by atoms with E-state index in [0.717, 1.165) is 10.9 Å². The molecule has 0 bridgehead atoms. The van der Waals surface area contributed by atoms with Crippen LogP contribution in [0.2, 0.25) is 0 Å². The van der Waals surface area contributed by atoms with Crippen molar-refractivity contribution in [1.29, 1.82) is 0 Å². The van der Waals surface area contributed by atoms with E-state index in [1.165, 1.54) is 0 Å². The van der Waals surface area contributed by atoms with Crippen molar-refractivity contribution < 1.29 is 23.9 Å². The Labute approximate surface area is 211 Å². The molecule has 1 N–H and O–H groups in total. The zero-order valence-corrected chi connectivity index (χ0v) is 21.8. The van der Waals surface area contributed by atoms with Gasteiger partial charge in [-0.15, -0.1) is 0 Å². The fraction of sp³-hybridized carbons (Fsp3) is 0.615. The normalized spacial score (nSPS) is 20.7. The van der Waals surface area contributed by atoms with Gasteiger partial charge in [-0.2, -0.15) is 5.10 Å². The summed E-state index contributed by atoms with van der Waals surface area (Å²) in [4.78, 5) is 42.7. The molecule has 3 amide bonds. The van der Waals surface area contributed by atoms with Crippen LogP contribution in [-0.4, -0.2) is 88.0 Å². The second-order valence-corrected chi connectivity index (χ2v) is 10.8. The Hall–Kier alpha value is -3.14. The molecule has 2 atom stereocenters. The number of nitrogens with zero attached hydrogens (tertiary/aromatic N) is 4. The molecule has 0 spiro atoms. The first-order valence-electron chi connectivity index (χ1n) is 12.7. The number of morpholine rings is 1. The van der Waals surface area contributed by atoms with E-state index in [1.54, 1.807) is 9.80 Å². The van der Waals surface area contributed by atoms with Crippen LogP contribution in [0.3, 0.4) is 0 Å². The lowest BCUT2D eigenvalue weighted by atomic mass is 10.1. The van der Waals surface area contributed by atoms with Crippen molar-refractivity contribution >= 4 is 28.8 Å². The van der Waals surface area contributed by atoms with E-state index in [-0.39, 0.29) is 42.9 Å². The standard InChI is InChI=1S/C26H37N5O5/c1-17(2)31-21-9-7-6-8-20(21)23(28-31)24(33)27-18-14-19(15-22(32)29-10-12-35-13-11-29)30(16-18)25(34)36-26(3,4)5/h6-9,17-19H,10-16H2,1-5H3,(H,27,33)/t18-,19-/m0/s1. The van der Waals surface area contributed by atoms with Crippen LogP contribution in [0, 0.1) is 0 Å². The van der Waals surface area contributed by atoms with E-state index in [0.29, 0.717) is 38.4 Å². The first kappa shape index (κ1) is 25.9. The Bertz CT molecular complexity index is 1120. The summed E-state index contributed by atoms with van der Waals surface area (Å²) in [6.07, 6.45) is 0.161. The van der Waals surface area contributed by atoms with Gasteiger partial charge in [-0.25, -0.2) is 4.79 Å². The summed E-state index contributed by atoms with van der Waals surface area (Å²) in [5.74, 6) is -0.314. The summed E-state index contributed by atoms with van der Waals surface area (Å²) in [5.41, 5.74) is 0.587. The van der Waals surface area contributed by atoms with Gasteiger partial charge in [-0.05, 0) is 47.1 Å². The third kappa shape index (κ3) is 5.80. The van der Waals surface area contributed by atoms with Gasteiger partial charge in [-0.3, -0.25) is 14.3 Å². The van der Waals surface area contributed by atoms with Gasteiger partial charge < -0.3 is 24.6 Å². The maximum absolute atomic E-state index is 13.3. The van der Waals surface area contributed by atoms with Gasteiger partial charge in [0.2, 0.25) is 5.91 Å². The highest BCUT2D eigenvalue weighted by Crippen LogP contribution is 2.26. The summed E-state index contributed by atoms with van der Waals surface area (Å²) in [5, 5.41) is 8.43. The van der Waals surface area contributed by atoms with Crippen LogP contribution in [0.1, 0.15) is 64.0 Å². The van der Waals surface area contributed by atoms with Crippen molar-refractivity contribution in [3.05, 3.63) is 30.0 Å². The zero-order valence-electron chi connectivity index (χ0n) is 21.8. The van der Waals surface area contributed by atoms with Gasteiger partial charge in [0.1, 0.15) is 5.60 Å². The molecule has 1 aromatic heterocycles. The lowest BCUT2D eigenvalue weighted by Gasteiger charge is -2.31. The number of fused-ring (bicyclic) bond motifs is 1. The molecule has 2 aliphatic rings. The molecule has 36 heavy (non-hydrogen) atoms. The third-order valence-corrected chi connectivity index (χ3v) is 6.47. The second-order valence-electron chi connectivity index (χ2n) is 10.8. The Morgan fingerprint density at radius 3 is 2.53 bits per heavy atom. The van der Waals surface area contributed by atoms with Crippen LogP contribution < -0.4 is 5.32 Å². The number of ether oxygens (including phenoxy) is 2. The minimum Gasteiger partial charge on any atom is -0.444 e. The Morgan fingerprint density at radius 1 is 1.17 bits per heavy atom. The minimum absolute atomic E-state index is 0.0227. The number of nitrogens with one attached hydrogen (secondary N) is 1. The summed E-state index contributed by atoms with van der Waals surface area (Å²) in [6, 6.07) is 7.06. The minimum atomic E-state index is -0.667. The largest absolute Gasteiger partial charge is 0.444 e. The van der Waals surface area contributed by atoms with Crippen molar-refractivity contribution in [3.8, 4) is 0 Å². The summed E-state index contributed by atoms with van der Waals surface area (Å²) < 4.78 is 12.8. The average Bonchev–Trinajstić information content (AvgIpc) is 3.40. The fourth-order valence-corrected chi connectivity index (χ4v) is 4.81. The molecule has 3 heterocycles. The van der Waals surface area contributed by atoms with Gasteiger partial charge in [0, 0.05) is 49.6 Å². The first-order chi connectivity index (χ1) is 17.0. The van der Waals surface area contributed by atoms with E-state index in [9.17, 15) is 14.4 Å². The smallest absolute Gasteiger partial charge is 0.410 e. The van der Waals surface area contributed by atoms with Gasteiger partial charge >= 0.3 is 6.09 Å². The van der Waals surface area contributed by atoms with Gasteiger partial charge in [0.15, 0.2) is 5.69 Å². The van der Waals surface area contributed by atoms with Crippen LogP contribution >= 0.6 is 0 Å². The Balaban J connectivity index is 1.51. The third-order valence-electron chi connectivity index (χ3n) is 6.47. The average molecular weight is 500 g/mol. The van der Waals surface area contributed by atoms with E-state index in [1.807, 2.05) is 63.6 Å². The molecule has 0 saturated carbocycles. The van der Waals surface area contributed by atoms with Crippen molar-refractivity contribution in [2.45, 2.75) is 71.2 Å². The number of aromatic nitrogens is 2.